The number of esters is 1. The van der Waals surface area contributed by atoms with Crippen LogP contribution in [0.1, 0.15) is 17.3 Å². The van der Waals surface area contributed by atoms with Crippen LogP contribution in [-0.4, -0.2) is 26.1 Å². The Morgan fingerprint density at radius 1 is 1.28 bits per heavy atom. The van der Waals surface area contributed by atoms with E-state index in [1.54, 1.807) is 0 Å². The molecule has 1 aromatic rings. The highest BCUT2D eigenvalue weighted by Gasteiger charge is 2.20. The number of ether oxygens (including phenoxy) is 2. The van der Waals surface area contributed by atoms with Gasteiger partial charge < -0.3 is 15.2 Å². The molecule has 1 rings (SSSR count). The maximum Gasteiger partial charge on any atom is 0.341 e. The minimum atomic E-state index is -0.587. The van der Waals surface area contributed by atoms with Gasteiger partial charge >= 0.3 is 5.97 Å². The first-order chi connectivity index (χ1) is 8.43. The number of amides is 1. The molecule has 0 saturated carbocycles. The van der Waals surface area contributed by atoms with E-state index in [2.05, 4.69) is 4.74 Å². The molecule has 7 nitrogen and oxygen atoms in total. The van der Waals surface area contributed by atoms with Gasteiger partial charge in [0, 0.05) is 6.92 Å². The summed E-state index contributed by atoms with van der Waals surface area (Å²) in [6.45, 7) is 1.29. The number of nitrogens with two attached hydrogens (primary N) is 2. The molecule has 1 amide bonds. The molecule has 18 heavy (non-hydrogen) atoms. The van der Waals surface area contributed by atoms with Crippen molar-refractivity contribution in [3.05, 3.63) is 17.7 Å². The molecule has 0 saturated heterocycles. The van der Waals surface area contributed by atoms with Crippen molar-refractivity contribution in [3.63, 3.8) is 0 Å². The van der Waals surface area contributed by atoms with Crippen LogP contribution in [0.4, 0.5) is 11.4 Å². The van der Waals surface area contributed by atoms with Crippen molar-refractivity contribution < 1.29 is 19.1 Å². The number of anilines is 2. The second-order valence-corrected chi connectivity index (χ2v) is 3.46. The van der Waals surface area contributed by atoms with Crippen LogP contribution in [0.15, 0.2) is 12.1 Å². The number of hydrogen-bond donors (Lipinski definition) is 2. The van der Waals surface area contributed by atoms with Crippen LogP contribution in [0.2, 0.25) is 0 Å². The normalized spacial score (nSPS) is 9.78. The fraction of sp³-hybridized carbons (Fsp3) is 0.273. The highest BCUT2D eigenvalue weighted by molar-refractivity contribution is 6.00. The third-order valence-electron chi connectivity index (χ3n) is 2.38. The number of carbonyl (C=O) groups is 2. The van der Waals surface area contributed by atoms with Crippen LogP contribution in [0.3, 0.4) is 0 Å². The van der Waals surface area contributed by atoms with E-state index in [9.17, 15) is 9.59 Å². The fourth-order valence-electron chi connectivity index (χ4n) is 1.46. The molecule has 7 heteroatoms. The lowest BCUT2D eigenvalue weighted by Gasteiger charge is -2.19. The van der Waals surface area contributed by atoms with Crippen LogP contribution in [0.5, 0.6) is 5.75 Å². The molecule has 0 unspecified atom stereocenters. The van der Waals surface area contributed by atoms with Crippen LogP contribution < -0.4 is 21.3 Å². The number of rotatable bonds is 3. The predicted octanol–water partition coefficient (Wildman–Crippen LogP) is 0.291. The molecule has 0 spiro atoms. The van der Waals surface area contributed by atoms with E-state index in [1.807, 2.05) is 0 Å². The van der Waals surface area contributed by atoms with Crippen molar-refractivity contribution in [3.8, 4) is 5.75 Å². The van der Waals surface area contributed by atoms with Gasteiger partial charge in [-0.15, -0.1) is 0 Å². The summed E-state index contributed by atoms with van der Waals surface area (Å²) in [5.41, 5.74) is 6.34. The number of benzene rings is 1. The van der Waals surface area contributed by atoms with E-state index >= 15 is 0 Å². The van der Waals surface area contributed by atoms with Gasteiger partial charge in [-0.05, 0) is 12.1 Å². The first-order valence-electron chi connectivity index (χ1n) is 5.04. The Bertz CT molecular complexity index is 487. The molecule has 0 aliphatic carbocycles. The molecule has 98 valence electrons. The van der Waals surface area contributed by atoms with E-state index in [-0.39, 0.29) is 22.7 Å². The number of hydrazine groups is 1. The van der Waals surface area contributed by atoms with Crippen molar-refractivity contribution in [2.24, 2.45) is 5.84 Å². The SMILES string of the molecule is COC(=O)c1ccc(N(N)C(C)=O)c(N)c1OC. The Labute approximate surface area is 104 Å². The van der Waals surface area contributed by atoms with Crippen molar-refractivity contribution in [2.75, 3.05) is 25.0 Å². The Hall–Kier alpha value is -2.28. The van der Waals surface area contributed by atoms with E-state index in [4.69, 9.17) is 16.3 Å². The molecular weight excluding hydrogens is 238 g/mol. The summed E-state index contributed by atoms with van der Waals surface area (Å²) >= 11 is 0. The lowest BCUT2D eigenvalue weighted by molar-refractivity contribution is -0.116. The van der Waals surface area contributed by atoms with Gasteiger partial charge in [-0.25, -0.2) is 15.6 Å². The third kappa shape index (κ3) is 2.35. The van der Waals surface area contributed by atoms with Crippen LogP contribution in [0, 0.1) is 0 Å². The van der Waals surface area contributed by atoms with E-state index in [1.165, 1.54) is 33.3 Å². The van der Waals surface area contributed by atoms with Crippen molar-refractivity contribution in [1.82, 2.24) is 0 Å². The Morgan fingerprint density at radius 3 is 2.33 bits per heavy atom. The molecule has 0 aromatic heterocycles. The Morgan fingerprint density at radius 2 is 1.89 bits per heavy atom. The Balaban J connectivity index is 3.37. The zero-order valence-corrected chi connectivity index (χ0v) is 10.4. The molecular formula is C11H15N3O4. The zero-order chi connectivity index (χ0) is 13.9. The first kappa shape index (κ1) is 13.8. The topological polar surface area (TPSA) is 108 Å². The molecule has 0 aliphatic heterocycles. The number of nitrogen functional groups attached to an aromatic ring is 1. The molecule has 0 bridgehead atoms. The van der Waals surface area contributed by atoms with Gasteiger partial charge in [0.15, 0.2) is 5.75 Å². The van der Waals surface area contributed by atoms with E-state index in [0.29, 0.717) is 0 Å². The van der Waals surface area contributed by atoms with Crippen LogP contribution >= 0.6 is 0 Å². The van der Waals surface area contributed by atoms with Crippen LogP contribution in [-0.2, 0) is 9.53 Å². The van der Waals surface area contributed by atoms with Gasteiger partial charge in [0.2, 0.25) is 5.91 Å². The van der Waals surface area contributed by atoms with Gasteiger partial charge in [-0.3, -0.25) is 4.79 Å². The lowest BCUT2D eigenvalue weighted by atomic mass is 10.1. The van der Waals surface area contributed by atoms with E-state index in [0.717, 1.165) is 5.01 Å². The summed E-state index contributed by atoms with van der Waals surface area (Å²) in [6.07, 6.45) is 0. The second kappa shape index (κ2) is 5.37. The summed E-state index contributed by atoms with van der Waals surface area (Å²) in [5.74, 6) is 4.69. The summed E-state index contributed by atoms with van der Waals surface area (Å²) in [5, 5.41) is 0.874. The third-order valence-corrected chi connectivity index (χ3v) is 2.38. The van der Waals surface area contributed by atoms with Gasteiger partial charge in [-0.1, -0.05) is 0 Å². The summed E-state index contributed by atoms with van der Waals surface area (Å²) in [7, 11) is 2.60. The highest BCUT2D eigenvalue weighted by Crippen LogP contribution is 2.35. The second-order valence-electron chi connectivity index (χ2n) is 3.46. The fourth-order valence-corrected chi connectivity index (χ4v) is 1.46. The van der Waals surface area contributed by atoms with Crippen LogP contribution in [0.25, 0.3) is 0 Å². The molecule has 0 radical (unpaired) electrons. The Kier molecular flexibility index (Phi) is 4.11. The van der Waals surface area contributed by atoms with Crippen molar-refractivity contribution >= 4 is 23.3 Å². The van der Waals surface area contributed by atoms with Gasteiger partial charge in [-0.2, -0.15) is 0 Å². The average Bonchev–Trinajstić information content (AvgIpc) is 2.36. The quantitative estimate of drug-likeness (QED) is 0.263. The number of nitrogens with zero attached hydrogens (tertiary/aromatic N) is 1. The van der Waals surface area contributed by atoms with Crippen molar-refractivity contribution in [1.29, 1.82) is 0 Å². The monoisotopic (exact) mass is 253 g/mol. The number of methoxy groups -OCH3 is 2. The van der Waals surface area contributed by atoms with Gasteiger partial charge in [0.25, 0.3) is 0 Å². The molecule has 1 aromatic carbocycles. The van der Waals surface area contributed by atoms with Gasteiger partial charge in [0.05, 0.1) is 19.9 Å². The first-order valence-corrected chi connectivity index (χ1v) is 5.04. The number of carbonyl (C=O) groups excluding carboxylic acids is 2. The molecule has 4 N–H and O–H groups in total. The maximum atomic E-state index is 11.5. The maximum absolute atomic E-state index is 11.5. The minimum absolute atomic E-state index is 0.0955. The molecule has 0 fully saturated rings. The molecule has 0 aliphatic rings. The van der Waals surface area contributed by atoms with Gasteiger partial charge in [0.1, 0.15) is 11.3 Å². The minimum Gasteiger partial charge on any atom is -0.494 e. The zero-order valence-electron chi connectivity index (χ0n) is 10.4. The largest absolute Gasteiger partial charge is 0.494 e. The number of hydrogen-bond acceptors (Lipinski definition) is 6. The summed E-state index contributed by atoms with van der Waals surface area (Å²) in [6, 6.07) is 2.88. The predicted molar refractivity (Wildman–Crippen MR) is 66.1 cm³/mol. The summed E-state index contributed by atoms with van der Waals surface area (Å²) < 4.78 is 9.65. The average molecular weight is 253 g/mol. The van der Waals surface area contributed by atoms with E-state index < -0.39 is 11.9 Å². The standard InChI is InChI=1S/C11H15N3O4/c1-6(15)14(13)8-5-4-7(11(16)18-3)10(17-2)9(8)12/h4-5H,12-13H2,1-3H3. The summed E-state index contributed by atoms with van der Waals surface area (Å²) in [4.78, 5) is 22.7. The molecule has 0 heterocycles. The van der Waals surface area contributed by atoms with Crippen molar-refractivity contribution in [2.45, 2.75) is 6.92 Å². The smallest absolute Gasteiger partial charge is 0.341 e. The molecule has 0 atom stereocenters. The lowest BCUT2D eigenvalue weighted by Crippen LogP contribution is -2.36. The highest BCUT2D eigenvalue weighted by atomic mass is 16.5.